The molecule has 1 aliphatic rings. The summed E-state index contributed by atoms with van der Waals surface area (Å²) in [4.78, 5) is 28.8. The summed E-state index contributed by atoms with van der Waals surface area (Å²) in [7, 11) is 0. The molecule has 5 rings (SSSR count). The standard InChI is InChI=1S/C29H26F3N3O2/c30-29(31,32)15-14-28(37)34-23-2-1-3-24(17-23)35-18-33-25-16-22(11-12-26(25)35)20-7-9-21(10-8-20)27(36)13-6-19-4-5-19/h1-3,7-12,16-19H,4-6,13-15H2,(H,34,37). The van der Waals surface area contributed by atoms with Crippen molar-refractivity contribution in [3.8, 4) is 16.8 Å². The van der Waals surface area contributed by atoms with Gasteiger partial charge in [0.25, 0.3) is 0 Å². The molecule has 1 heterocycles. The first kappa shape index (κ1) is 24.7. The second kappa shape index (κ2) is 10.2. The number of aromatic nitrogens is 2. The van der Waals surface area contributed by atoms with Crippen LogP contribution in [-0.2, 0) is 4.79 Å². The lowest BCUT2D eigenvalue weighted by atomic mass is 10.00. The lowest BCUT2D eigenvalue weighted by molar-refractivity contribution is -0.142. The predicted molar refractivity (Wildman–Crippen MR) is 137 cm³/mol. The fourth-order valence-corrected chi connectivity index (χ4v) is 4.34. The fraction of sp³-hybridized carbons (Fsp3) is 0.276. The number of carbonyl (C=O) groups is 2. The van der Waals surface area contributed by atoms with Gasteiger partial charge in [-0.25, -0.2) is 4.98 Å². The molecule has 4 aromatic rings. The van der Waals surface area contributed by atoms with Crippen LogP contribution in [0, 0.1) is 5.92 Å². The Hall–Kier alpha value is -3.94. The molecule has 190 valence electrons. The van der Waals surface area contributed by atoms with E-state index in [2.05, 4.69) is 10.3 Å². The van der Waals surface area contributed by atoms with Crippen molar-refractivity contribution in [1.29, 1.82) is 0 Å². The SMILES string of the molecule is O=C(CCC(F)(F)F)Nc1cccc(-n2cnc3cc(-c4ccc(C(=O)CCC5CC5)cc4)ccc32)c1. The summed E-state index contributed by atoms with van der Waals surface area (Å²) < 4.78 is 39.0. The van der Waals surface area contributed by atoms with E-state index >= 15 is 0 Å². The third kappa shape index (κ3) is 6.25. The maximum atomic E-state index is 12.4. The van der Waals surface area contributed by atoms with E-state index in [0.29, 0.717) is 12.1 Å². The summed E-state index contributed by atoms with van der Waals surface area (Å²) in [5, 5.41) is 2.53. The van der Waals surface area contributed by atoms with Crippen molar-refractivity contribution in [3.05, 3.63) is 78.6 Å². The number of anilines is 1. The number of rotatable bonds is 9. The largest absolute Gasteiger partial charge is 0.389 e. The fourth-order valence-electron chi connectivity index (χ4n) is 4.34. The van der Waals surface area contributed by atoms with Crippen LogP contribution in [-0.4, -0.2) is 27.4 Å². The number of nitrogens with one attached hydrogen (secondary N) is 1. The van der Waals surface area contributed by atoms with Crippen molar-refractivity contribution in [3.63, 3.8) is 0 Å². The second-order valence-electron chi connectivity index (χ2n) is 9.51. The Balaban J connectivity index is 1.30. The highest BCUT2D eigenvalue weighted by Gasteiger charge is 2.28. The van der Waals surface area contributed by atoms with E-state index in [0.717, 1.165) is 45.7 Å². The van der Waals surface area contributed by atoms with Gasteiger partial charge in [0.2, 0.25) is 5.91 Å². The summed E-state index contributed by atoms with van der Waals surface area (Å²) in [5.74, 6) is 0.232. The number of nitrogens with zero attached hydrogens (tertiary/aromatic N) is 2. The predicted octanol–water partition coefficient (Wildman–Crippen LogP) is 7.35. The summed E-state index contributed by atoms with van der Waals surface area (Å²) in [5.41, 5.74) is 5.44. The number of Topliss-reactive ketones (excluding diaryl/α,β-unsaturated/α-hetero) is 1. The summed E-state index contributed by atoms with van der Waals surface area (Å²) >= 11 is 0. The third-order valence-corrected chi connectivity index (χ3v) is 6.61. The van der Waals surface area contributed by atoms with Crippen LogP contribution in [0.25, 0.3) is 27.8 Å². The van der Waals surface area contributed by atoms with Gasteiger partial charge in [0.05, 0.1) is 17.5 Å². The number of imidazole rings is 1. The minimum absolute atomic E-state index is 0.186. The molecule has 1 saturated carbocycles. The molecule has 1 aromatic heterocycles. The van der Waals surface area contributed by atoms with Gasteiger partial charge in [-0.05, 0) is 53.8 Å². The van der Waals surface area contributed by atoms with Crippen molar-refractivity contribution in [1.82, 2.24) is 9.55 Å². The number of fused-ring (bicyclic) bond motifs is 1. The van der Waals surface area contributed by atoms with E-state index in [1.165, 1.54) is 12.8 Å². The van der Waals surface area contributed by atoms with Crippen LogP contribution in [0.4, 0.5) is 18.9 Å². The molecular weight excluding hydrogens is 479 g/mol. The lowest BCUT2D eigenvalue weighted by Gasteiger charge is -2.10. The van der Waals surface area contributed by atoms with Crippen molar-refractivity contribution < 1.29 is 22.8 Å². The summed E-state index contributed by atoms with van der Waals surface area (Å²) in [6, 6.07) is 20.4. The smallest absolute Gasteiger partial charge is 0.326 e. The van der Waals surface area contributed by atoms with E-state index in [4.69, 9.17) is 0 Å². The molecule has 0 aliphatic heterocycles. The number of benzene rings is 3. The van der Waals surface area contributed by atoms with Gasteiger partial charge in [0.1, 0.15) is 6.33 Å². The Morgan fingerprint density at radius 1 is 0.946 bits per heavy atom. The first-order chi connectivity index (χ1) is 17.7. The minimum atomic E-state index is -4.37. The molecule has 0 unspecified atom stereocenters. The van der Waals surface area contributed by atoms with Crippen LogP contribution in [0.3, 0.4) is 0 Å². The Bertz CT molecular complexity index is 1440. The van der Waals surface area contributed by atoms with Crippen LogP contribution in [0.2, 0.25) is 0 Å². The van der Waals surface area contributed by atoms with Crippen molar-refractivity contribution >= 4 is 28.4 Å². The van der Waals surface area contributed by atoms with E-state index in [-0.39, 0.29) is 5.78 Å². The van der Waals surface area contributed by atoms with Gasteiger partial charge >= 0.3 is 6.18 Å². The second-order valence-corrected chi connectivity index (χ2v) is 9.51. The molecule has 1 aliphatic carbocycles. The number of hydrogen-bond acceptors (Lipinski definition) is 3. The number of amides is 1. The van der Waals surface area contributed by atoms with Crippen molar-refractivity contribution in [2.75, 3.05) is 5.32 Å². The topological polar surface area (TPSA) is 64.0 Å². The van der Waals surface area contributed by atoms with Gasteiger partial charge in [-0.15, -0.1) is 0 Å². The highest BCUT2D eigenvalue weighted by atomic mass is 19.4. The molecular formula is C29H26F3N3O2. The Kier molecular flexibility index (Phi) is 6.82. The highest BCUT2D eigenvalue weighted by molar-refractivity contribution is 5.96. The molecule has 0 radical (unpaired) electrons. The normalized spacial score (nSPS) is 13.6. The zero-order valence-electron chi connectivity index (χ0n) is 20.1. The molecule has 1 fully saturated rings. The van der Waals surface area contributed by atoms with E-state index < -0.39 is 24.9 Å². The van der Waals surface area contributed by atoms with Crippen molar-refractivity contribution in [2.45, 2.75) is 44.7 Å². The molecule has 0 bridgehead atoms. The average Bonchev–Trinajstić information content (AvgIpc) is 3.62. The summed E-state index contributed by atoms with van der Waals surface area (Å²) in [6.07, 6.45) is -0.412. The number of carbonyl (C=O) groups excluding carboxylic acids is 2. The maximum Gasteiger partial charge on any atom is 0.389 e. The van der Waals surface area contributed by atoms with Crippen LogP contribution < -0.4 is 5.32 Å². The van der Waals surface area contributed by atoms with E-state index in [1.54, 1.807) is 24.5 Å². The molecule has 37 heavy (non-hydrogen) atoms. The van der Waals surface area contributed by atoms with E-state index in [1.807, 2.05) is 53.1 Å². The number of alkyl halides is 3. The maximum absolute atomic E-state index is 12.4. The average molecular weight is 506 g/mol. The third-order valence-electron chi connectivity index (χ3n) is 6.61. The molecule has 0 spiro atoms. The Morgan fingerprint density at radius 3 is 2.43 bits per heavy atom. The van der Waals surface area contributed by atoms with Crippen LogP contribution in [0.15, 0.2) is 73.1 Å². The van der Waals surface area contributed by atoms with Gasteiger partial charge < -0.3 is 5.32 Å². The molecule has 8 heteroatoms. The highest BCUT2D eigenvalue weighted by Crippen LogP contribution is 2.34. The lowest BCUT2D eigenvalue weighted by Crippen LogP contribution is -2.16. The van der Waals surface area contributed by atoms with Gasteiger partial charge in [0, 0.05) is 29.8 Å². The van der Waals surface area contributed by atoms with Crippen LogP contribution in [0.1, 0.15) is 48.9 Å². The number of hydrogen-bond donors (Lipinski definition) is 1. The molecule has 0 saturated heterocycles. The quantitative estimate of drug-likeness (QED) is 0.242. The minimum Gasteiger partial charge on any atom is -0.326 e. The number of ketones is 1. The van der Waals surface area contributed by atoms with Gasteiger partial charge in [-0.3, -0.25) is 14.2 Å². The molecule has 3 aromatic carbocycles. The van der Waals surface area contributed by atoms with Gasteiger partial charge in [-0.2, -0.15) is 13.2 Å². The molecule has 0 atom stereocenters. The van der Waals surface area contributed by atoms with Gasteiger partial charge in [0.15, 0.2) is 5.78 Å². The van der Waals surface area contributed by atoms with Crippen LogP contribution >= 0.6 is 0 Å². The molecule has 5 nitrogen and oxygen atoms in total. The Labute approximate surface area is 212 Å². The first-order valence-corrected chi connectivity index (χ1v) is 12.3. The van der Waals surface area contributed by atoms with Crippen LogP contribution in [0.5, 0.6) is 0 Å². The van der Waals surface area contributed by atoms with Crippen molar-refractivity contribution in [2.24, 2.45) is 5.92 Å². The molecule has 1 N–H and O–H groups in total. The first-order valence-electron chi connectivity index (χ1n) is 12.3. The zero-order chi connectivity index (χ0) is 26.0. The van der Waals surface area contributed by atoms with E-state index in [9.17, 15) is 22.8 Å². The molecule has 1 amide bonds. The monoisotopic (exact) mass is 505 g/mol. The summed E-state index contributed by atoms with van der Waals surface area (Å²) in [6.45, 7) is 0. The zero-order valence-corrected chi connectivity index (χ0v) is 20.1. The Morgan fingerprint density at radius 2 is 1.70 bits per heavy atom. The number of halogens is 3. The van der Waals surface area contributed by atoms with Gasteiger partial charge in [-0.1, -0.05) is 49.2 Å².